The van der Waals surface area contributed by atoms with Crippen LogP contribution in [0.1, 0.15) is 19.9 Å². The molecule has 18 heavy (non-hydrogen) atoms. The van der Waals surface area contributed by atoms with Gasteiger partial charge in [-0.3, -0.25) is 4.98 Å². The maximum Gasteiger partial charge on any atom is 0.160 e. The van der Waals surface area contributed by atoms with Crippen LogP contribution in [-0.4, -0.2) is 14.5 Å². The number of hydrogen-bond acceptors (Lipinski definition) is 2. The molecule has 0 unspecified atom stereocenters. The van der Waals surface area contributed by atoms with Crippen molar-refractivity contribution in [2.75, 3.05) is 0 Å². The number of imidazole rings is 1. The van der Waals surface area contributed by atoms with Gasteiger partial charge in [-0.25, -0.2) is 4.98 Å². The zero-order valence-corrected chi connectivity index (χ0v) is 10.5. The molecular weight excluding hydrogens is 222 g/mol. The van der Waals surface area contributed by atoms with Crippen LogP contribution in [0.2, 0.25) is 0 Å². The third-order valence-corrected chi connectivity index (χ3v) is 3.01. The number of benzene rings is 1. The molecule has 3 aromatic rings. The van der Waals surface area contributed by atoms with Gasteiger partial charge in [0.1, 0.15) is 5.69 Å². The molecule has 2 aromatic heterocycles. The second-order valence-corrected chi connectivity index (χ2v) is 4.60. The van der Waals surface area contributed by atoms with Gasteiger partial charge in [-0.1, -0.05) is 18.2 Å². The highest BCUT2D eigenvalue weighted by Gasteiger charge is 2.14. The number of fused-ring (bicyclic) bond motifs is 1. The van der Waals surface area contributed by atoms with E-state index in [1.54, 1.807) is 6.20 Å². The Labute approximate surface area is 106 Å². The molecule has 3 heteroatoms. The summed E-state index contributed by atoms with van der Waals surface area (Å²) in [5.74, 6) is 0.937. The van der Waals surface area contributed by atoms with Crippen LogP contribution < -0.4 is 0 Å². The maximum absolute atomic E-state index is 4.70. The molecule has 0 amide bonds. The quantitative estimate of drug-likeness (QED) is 0.680. The molecule has 0 saturated heterocycles. The van der Waals surface area contributed by atoms with Gasteiger partial charge in [0.15, 0.2) is 5.82 Å². The second-order valence-electron chi connectivity index (χ2n) is 4.60. The summed E-state index contributed by atoms with van der Waals surface area (Å²) in [5, 5.41) is 0. The van der Waals surface area contributed by atoms with E-state index in [0.29, 0.717) is 6.04 Å². The lowest BCUT2D eigenvalue weighted by atomic mass is 10.3. The highest BCUT2D eigenvalue weighted by atomic mass is 15.1. The number of para-hydroxylation sites is 2. The molecule has 0 spiro atoms. The molecule has 0 saturated carbocycles. The molecule has 3 rings (SSSR count). The second kappa shape index (κ2) is 4.26. The van der Waals surface area contributed by atoms with Crippen molar-refractivity contribution in [2.24, 2.45) is 0 Å². The molecule has 0 fully saturated rings. The van der Waals surface area contributed by atoms with Gasteiger partial charge in [-0.05, 0) is 38.1 Å². The summed E-state index contributed by atoms with van der Waals surface area (Å²) < 4.78 is 2.23. The first-order valence-corrected chi connectivity index (χ1v) is 6.16. The van der Waals surface area contributed by atoms with Crippen molar-refractivity contribution in [3.8, 4) is 11.5 Å². The molecule has 0 aliphatic carbocycles. The van der Waals surface area contributed by atoms with E-state index in [9.17, 15) is 0 Å². The smallest absolute Gasteiger partial charge is 0.160 e. The Morgan fingerprint density at radius 2 is 1.78 bits per heavy atom. The average Bonchev–Trinajstić information content (AvgIpc) is 2.79. The minimum atomic E-state index is 0.356. The largest absolute Gasteiger partial charge is 0.320 e. The molecule has 0 aliphatic heterocycles. The van der Waals surface area contributed by atoms with Gasteiger partial charge in [0.25, 0.3) is 0 Å². The van der Waals surface area contributed by atoms with E-state index in [4.69, 9.17) is 4.98 Å². The molecule has 90 valence electrons. The Hall–Kier alpha value is -2.16. The fourth-order valence-electron chi connectivity index (χ4n) is 2.24. The van der Waals surface area contributed by atoms with Crippen molar-refractivity contribution >= 4 is 11.0 Å². The zero-order valence-electron chi connectivity index (χ0n) is 10.5. The summed E-state index contributed by atoms with van der Waals surface area (Å²) in [4.78, 5) is 9.11. The number of hydrogen-bond donors (Lipinski definition) is 0. The summed E-state index contributed by atoms with van der Waals surface area (Å²) in [7, 11) is 0. The van der Waals surface area contributed by atoms with Crippen molar-refractivity contribution < 1.29 is 0 Å². The van der Waals surface area contributed by atoms with E-state index in [1.807, 2.05) is 36.4 Å². The summed E-state index contributed by atoms with van der Waals surface area (Å²) in [6, 6.07) is 14.5. The summed E-state index contributed by atoms with van der Waals surface area (Å²) in [6.07, 6.45) is 1.80. The van der Waals surface area contributed by atoms with Crippen molar-refractivity contribution in [1.29, 1.82) is 0 Å². The highest BCUT2D eigenvalue weighted by molar-refractivity contribution is 5.80. The fraction of sp³-hybridized carbons (Fsp3) is 0.200. The molecule has 1 aromatic carbocycles. The van der Waals surface area contributed by atoms with E-state index in [1.165, 1.54) is 0 Å². The van der Waals surface area contributed by atoms with Crippen molar-refractivity contribution in [3.63, 3.8) is 0 Å². The fourth-order valence-corrected chi connectivity index (χ4v) is 2.24. The van der Waals surface area contributed by atoms with E-state index in [-0.39, 0.29) is 0 Å². The lowest BCUT2D eigenvalue weighted by Gasteiger charge is -2.12. The van der Waals surface area contributed by atoms with Crippen LogP contribution in [0.15, 0.2) is 48.7 Å². The molecule has 0 radical (unpaired) electrons. The number of nitrogens with zero attached hydrogens (tertiary/aromatic N) is 3. The molecule has 0 bridgehead atoms. The SMILES string of the molecule is CC(C)n1c(-c2ccccn2)nc2ccccc21. The maximum atomic E-state index is 4.70. The Kier molecular flexibility index (Phi) is 2.59. The zero-order chi connectivity index (χ0) is 12.5. The van der Waals surface area contributed by atoms with Crippen LogP contribution in [0.4, 0.5) is 0 Å². The van der Waals surface area contributed by atoms with Crippen LogP contribution in [0.5, 0.6) is 0 Å². The predicted octanol–water partition coefficient (Wildman–Crippen LogP) is 3.68. The lowest BCUT2D eigenvalue weighted by molar-refractivity contribution is 0.623. The van der Waals surface area contributed by atoms with E-state index in [0.717, 1.165) is 22.6 Å². The normalized spacial score (nSPS) is 11.3. The number of rotatable bonds is 2. The average molecular weight is 237 g/mol. The first kappa shape index (κ1) is 11.0. The van der Waals surface area contributed by atoms with Gasteiger partial charge in [0.05, 0.1) is 11.0 Å². The van der Waals surface area contributed by atoms with Crippen LogP contribution in [-0.2, 0) is 0 Å². The topological polar surface area (TPSA) is 30.7 Å². The third kappa shape index (κ3) is 1.68. The third-order valence-electron chi connectivity index (χ3n) is 3.01. The molecule has 0 N–H and O–H groups in total. The van der Waals surface area contributed by atoms with Gasteiger partial charge in [-0.2, -0.15) is 0 Å². The summed E-state index contributed by atoms with van der Waals surface area (Å²) >= 11 is 0. The van der Waals surface area contributed by atoms with E-state index >= 15 is 0 Å². The van der Waals surface area contributed by atoms with Crippen LogP contribution in [0, 0.1) is 0 Å². The first-order valence-electron chi connectivity index (χ1n) is 6.16. The summed E-state index contributed by atoms with van der Waals surface area (Å²) in [5.41, 5.74) is 3.10. The standard InChI is InChI=1S/C15H15N3/c1-11(2)18-14-9-4-3-7-12(14)17-15(18)13-8-5-6-10-16-13/h3-11H,1-2H3. The van der Waals surface area contributed by atoms with Gasteiger partial charge >= 0.3 is 0 Å². The molecule has 2 heterocycles. The highest BCUT2D eigenvalue weighted by Crippen LogP contribution is 2.26. The van der Waals surface area contributed by atoms with E-state index in [2.05, 4.69) is 29.5 Å². The molecular formula is C15H15N3. The molecule has 0 atom stereocenters. The Balaban J connectivity index is 2.32. The van der Waals surface area contributed by atoms with Crippen molar-refractivity contribution in [1.82, 2.24) is 14.5 Å². The van der Waals surface area contributed by atoms with Crippen LogP contribution in [0.3, 0.4) is 0 Å². The Bertz CT molecular complexity index is 669. The minimum Gasteiger partial charge on any atom is -0.320 e. The Morgan fingerprint density at radius 3 is 2.50 bits per heavy atom. The van der Waals surface area contributed by atoms with Gasteiger partial charge in [0.2, 0.25) is 0 Å². The predicted molar refractivity (Wildman–Crippen MR) is 73.3 cm³/mol. The van der Waals surface area contributed by atoms with Gasteiger partial charge in [-0.15, -0.1) is 0 Å². The van der Waals surface area contributed by atoms with Crippen molar-refractivity contribution in [2.45, 2.75) is 19.9 Å². The van der Waals surface area contributed by atoms with Gasteiger partial charge in [0, 0.05) is 12.2 Å². The lowest BCUT2D eigenvalue weighted by Crippen LogP contribution is -2.03. The first-order chi connectivity index (χ1) is 8.77. The van der Waals surface area contributed by atoms with Crippen LogP contribution in [0.25, 0.3) is 22.6 Å². The number of pyridine rings is 1. The van der Waals surface area contributed by atoms with Crippen molar-refractivity contribution in [3.05, 3.63) is 48.7 Å². The molecule has 3 nitrogen and oxygen atoms in total. The summed E-state index contributed by atoms with van der Waals surface area (Å²) in [6.45, 7) is 4.33. The van der Waals surface area contributed by atoms with E-state index < -0.39 is 0 Å². The monoisotopic (exact) mass is 237 g/mol. The minimum absolute atomic E-state index is 0.356. The molecule has 0 aliphatic rings. The Morgan fingerprint density at radius 1 is 1.00 bits per heavy atom. The van der Waals surface area contributed by atoms with Crippen LogP contribution >= 0.6 is 0 Å². The number of aromatic nitrogens is 3. The van der Waals surface area contributed by atoms with Gasteiger partial charge < -0.3 is 4.57 Å².